The maximum Gasteiger partial charge on any atom is 0.229 e. The van der Waals surface area contributed by atoms with Crippen molar-refractivity contribution in [2.75, 3.05) is 36.5 Å². The number of hydrogen-bond acceptors (Lipinski definition) is 5. The molecule has 1 aliphatic heterocycles. The van der Waals surface area contributed by atoms with Gasteiger partial charge in [0.25, 0.3) is 0 Å². The Labute approximate surface area is 145 Å². The molecule has 6 nitrogen and oxygen atoms in total. The normalized spacial score (nSPS) is 14.9. The summed E-state index contributed by atoms with van der Waals surface area (Å²) in [6, 6.07) is 8.59. The van der Waals surface area contributed by atoms with E-state index in [0.717, 1.165) is 41.2 Å². The first-order chi connectivity index (χ1) is 12.2. The van der Waals surface area contributed by atoms with E-state index in [0.29, 0.717) is 25.7 Å². The molecule has 7 heteroatoms. The topological polar surface area (TPSA) is 66.1 Å². The second kappa shape index (κ2) is 6.68. The molecule has 0 amide bonds. The van der Waals surface area contributed by atoms with Gasteiger partial charge in [0.1, 0.15) is 17.3 Å². The van der Waals surface area contributed by atoms with Crippen molar-refractivity contribution in [2.45, 2.75) is 13.5 Å². The van der Waals surface area contributed by atoms with Crippen LogP contribution in [0.15, 0.2) is 30.3 Å². The molecule has 0 bridgehead atoms. The third-order valence-electron chi connectivity index (χ3n) is 4.25. The summed E-state index contributed by atoms with van der Waals surface area (Å²) in [5, 5.41) is 4.26. The van der Waals surface area contributed by atoms with Gasteiger partial charge in [0.15, 0.2) is 0 Å². The van der Waals surface area contributed by atoms with E-state index in [1.54, 1.807) is 6.07 Å². The van der Waals surface area contributed by atoms with Gasteiger partial charge >= 0.3 is 0 Å². The summed E-state index contributed by atoms with van der Waals surface area (Å²) in [5.41, 5.74) is 2.69. The zero-order valence-corrected chi connectivity index (χ0v) is 14.1. The number of halogens is 1. The van der Waals surface area contributed by atoms with Crippen molar-refractivity contribution in [1.29, 1.82) is 0 Å². The molecule has 0 radical (unpaired) electrons. The van der Waals surface area contributed by atoms with Gasteiger partial charge in [0, 0.05) is 25.3 Å². The number of hydrogen-bond donors (Lipinski definition) is 2. The first kappa shape index (κ1) is 15.8. The highest BCUT2D eigenvalue weighted by Gasteiger charge is 2.17. The maximum atomic E-state index is 13.4. The van der Waals surface area contributed by atoms with Gasteiger partial charge in [-0.3, -0.25) is 0 Å². The Morgan fingerprint density at radius 3 is 2.88 bits per heavy atom. The number of anilines is 2. The van der Waals surface area contributed by atoms with Crippen molar-refractivity contribution < 1.29 is 9.13 Å². The van der Waals surface area contributed by atoms with Gasteiger partial charge in [-0.05, 0) is 30.7 Å². The SMILES string of the molecule is Cc1cc2c(NCc3cccc(F)c3)nc(N3CCOCC3)nc2[nH]1. The monoisotopic (exact) mass is 341 g/mol. The first-order valence-corrected chi connectivity index (χ1v) is 8.37. The van der Waals surface area contributed by atoms with Gasteiger partial charge in [-0.2, -0.15) is 9.97 Å². The Balaban J connectivity index is 1.65. The molecule has 0 unspecified atom stereocenters. The van der Waals surface area contributed by atoms with E-state index < -0.39 is 0 Å². The number of benzene rings is 1. The Hall–Kier alpha value is -2.67. The van der Waals surface area contributed by atoms with E-state index >= 15 is 0 Å². The highest BCUT2D eigenvalue weighted by Crippen LogP contribution is 2.25. The van der Waals surface area contributed by atoms with Crippen LogP contribution in [0.4, 0.5) is 16.2 Å². The molecule has 2 N–H and O–H groups in total. The van der Waals surface area contributed by atoms with Crippen LogP contribution in [-0.4, -0.2) is 41.3 Å². The van der Waals surface area contributed by atoms with Crippen molar-refractivity contribution in [3.8, 4) is 0 Å². The molecule has 0 saturated carbocycles. The lowest BCUT2D eigenvalue weighted by molar-refractivity contribution is 0.122. The molecule has 2 aromatic heterocycles. The van der Waals surface area contributed by atoms with E-state index in [1.165, 1.54) is 12.1 Å². The van der Waals surface area contributed by atoms with E-state index in [-0.39, 0.29) is 5.82 Å². The number of nitrogens with one attached hydrogen (secondary N) is 2. The van der Waals surface area contributed by atoms with Gasteiger partial charge in [0.05, 0.1) is 18.6 Å². The lowest BCUT2D eigenvalue weighted by Gasteiger charge is -2.27. The van der Waals surface area contributed by atoms with Crippen LogP contribution in [0.5, 0.6) is 0 Å². The highest BCUT2D eigenvalue weighted by atomic mass is 19.1. The fourth-order valence-corrected chi connectivity index (χ4v) is 3.00. The molecular formula is C18H20FN5O. The van der Waals surface area contributed by atoms with Gasteiger partial charge in [-0.25, -0.2) is 4.39 Å². The third kappa shape index (κ3) is 3.41. The average Bonchev–Trinajstić information content (AvgIpc) is 3.00. The molecule has 1 fully saturated rings. The molecule has 25 heavy (non-hydrogen) atoms. The van der Waals surface area contributed by atoms with Crippen LogP contribution in [-0.2, 0) is 11.3 Å². The van der Waals surface area contributed by atoms with Crippen molar-refractivity contribution in [3.05, 3.63) is 47.4 Å². The Bertz CT molecular complexity index is 888. The predicted octanol–water partition coefficient (Wildman–Crippen LogP) is 2.85. The van der Waals surface area contributed by atoms with Gasteiger partial charge in [-0.1, -0.05) is 12.1 Å². The molecule has 4 rings (SSSR count). The fraction of sp³-hybridized carbons (Fsp3) is 0.333. The van der Waals surface area contributed by atoms with Crippen LogP contribution in [0.1, 0.15) is 11.3 Å². The number of aromatic amines is 1. The van der Waals surface area contributed by atoms with Gasteiger partial charge in [0.2, 0.25) is 5.95 Å². The number of nitrogens with zero attached hydrogens (tertiary/aromatic N) is 3. The zero-order valence-electron chi connectivity index (χ0n) is 14.1. The zero-order chi connectivity index (χ0) is 17.2. The summed E-state index contributed by atoms with van der Waals surface area (Å²) in [6.07, 6.45) is 0. The Kier molecular flexibility index (Phi) is 4.23. The number of aromatic nitrogens is 3. The Morgan fingerprint density at radius 2 is 2.08 bits per heavy atom. The number of morpholine rings is 1. The van der Waals surface area contributed by atoms with Crippen molar-refractivity contribution >= 4 is 22.8 Å². The number of fused-ring (bicyclic) bond motifs is 1. The number of aryl methyl sites for hydroxylation is 1. The van der Waals surface area contributed by atoms with Crippen molar-refractivity contribution in [3.63, 3.8) is 0 Å². The molecule has 0 aliphatic carbocycles. The van der Waals surface area contributed by atoms with Crippen molar-refractivity contribution in [2.24, 2.45) is 0 Å². The quantitative estimate of drug-likeness (QED) is 0.764. The minimum atomic E-state index is -0.237. The molecule has 0 spiro atoms. The molecule has 3 aromatic rings. The van der Waals surface area contributed by atoms with Crippen LogP contribution in [0.3, 0.4) is 0 Å². The highest BCUT2D eigenvalue weighted by molar-refractivity contribution is 5.89. The van der Waals surface area contributed by atoms with E-state index in [1.807, 2.05) is 19.1 Å². The fourth-order valence-electron chi connectivity index (χ4n) is 3.00. The second-order valence-corrected chi connectivity index (χ2v) is 6.17. The number of ether oxygens (including phenoxy) is 1. The van der Waals surface area contributed by atoms with E-state index in [4.69, 9.17) is 9.72 Å². The molecular weight excluding hydrogens is 321 g/mol. The lowest BCUT2D eigenvalue weighted by atomic mass is 10.2. The second-order valence-electron chi connectivity index (χ2n) is 6.17. The molecule has 1 aliphatic rings. The van der Waals surface area contributed by atoms with E-state index in [2.05, 4.69) is 20.2 Å². The van der Waals surface area contributed by atoms with E-state index in [9.17, 15) is 4.39 Å². The molecule has 3 heterocycles. The van der Waals surface area contributed by atoms with Crippen LogP contribution in [0.25, 0.3) is 11.0 Å². The average molecular weight is 341 g/mol. The lowest BCUT2D eigenvalue weighted by Crippen LogP contribution is -2.37. The van der Waals surface area contributed by atoms with Crippen LogP contribution in [0, 0.1) is 12.7 Å². The summed E-state index contributed by atoms with van der Waals surface area (Å²) >= 11 is 0. The molecule has 0 atom stereocenters. The number of H-pyrrole nitrogens is 1. The summed E-state index contributed by atoms with van der Waals surface area (Å²) < 4.78 is 18.8. The van der Waals surface area contributed by atoms with Crippen LogP contribution in [0.2, 0.25) is 0 Å². The first-order valence-electron chi connectivity index (χ1n) is 8.37. The predicted molar refractivity (Wildman–Crippen MR) is 95.4 cm³/mol. The van der Waals surface area contributed by atoms with Crippen molar-refractivity contribution in [1.82, 2.24) is 15.0 Å². The molecule has 1 saturated heterocycles. The standard InChI is InChI=1S/C18H20FN5O/c1-12-9-15-16(20-11-13-3-2-4-14(19)10-13)22-18(23-17(15)21-12)24-5-7-25-8-6-24/h2-4,9-10H,5-8,11H2,1H3,(H2,20,21,22,23). The largest absolute Gasteiger partial charge is 0.378 e. The molecule has 130 valence electrons. The number of rotatable bonds is 4. The smallest absolute Gasteiger partial charge is 0.229 e. The summed E-state index contributed by atoms with van der Waals surface area (Å²) in [7, 11) is 0. The summed E-state index contributed by atoms with van der Waals surface area (Å²) in [5.74, 6) is 1.19. The third-order valence-corrected chi connectivity index (χ3v) is 4.25. The van der Waals surface area contributed by atoms with Gasteiger partial charge in [-0.15, -0.1) is 0 Å². The van der Waals surface area contributed by atoms with Gasteiger partial charge < -0.3 is 19.9 Å². The summed E-state index contributed by atoms with van der Waals surface area (Å²) in [4.78, 5) is 14.8. The van der Waals surface area contributed by atoms with Crippen LogP contribution >= 0.6 is 0 Å². The Morgan fingerprint density at radius 1 is 1.24 bits per heavy atom. The minimum absolute atomic E-state index is 0.237. The maximum absolute atomic E-state index is 13.4. The van der Waals surface area contributed by atoms with Crippen LogP contribution < -0.4 is 10.2 Å². The molecule has 1 aromatic carbocycles. The minimum Gasteiger partial charge on any atom is -0.378 e. The summed E-state index contributed by atoms with van der Waals surface area (Å²) in [6.45, 7) is 5.39.